The SMILES string of the molecule is CCN(c1nc2c(C)cccn2n1)C1CCCCC1CN. The number of nitrogens with two attached hydrogens (primary N) is 1. The van der Waals surface area contributed by atoms with Crippen LogP contribution in [-0.4, -0.2) is 33.7 Å². The molecule has 0 amide bonds. The van der Waals surface area contributed by atoms with E-state index in [1.54, 1.807) is 0 Å². The van der Waals surface area contributed by atoms with Crippen LogP contribution in [0.25, 0.3) is 5.65 Å². The van der Waals surface area contributed by atoms with Crippen LogP contribution in [0.15, 0.2) is 18.3 Å². The third-order valence-electron chi connectivity index (χ3n) is 4.72. The summed E-state index contributed by atoms with van der Waals surface area (Å²) in [5.74, 6) is 1.41. The molecule has 2 heterocycles. The molecule has 0 bridgehead atoms. The van der Waals surface area contributed by atoms with Gasteiger partial charge in [-0.3, -0.25) is 0 Å². The van der Waals surface area contributed by atoms with Crippen molar-refractivity contribution in [2.45, 2.75) is 45.6 Å². The summed E-state index contributed by atoms with van der Waals surface area (Å²) >= 11 is 0. The Morgan fingerprint density at radius 3 is 2.90 bits per heavy atom. The maximum absolute atomic E-state index is 5.99. The molecule has 5 nitrogen and oxygen atoms in total. The number of rotatable bonds is 4. The van der Waals surface area contributed by atoms with Gasteiger partial charge in [-0.2, -0.15) is 4.98 Å². The van der Waals surface area contributed by atoms with Gasteiger partial charge < -0.3 is 10.6 Å². The second kappa shape index (κ2) is 6.02. The van der Waals surface area contributed by atoms with E-state index in [1.807, 2.05) is 16.8 Å². The lowest BCUT2D eigenvalue weighted by atomic mass is 9.83. The highest BCUT2D eigenvalue weighted by Gasteiger charge is 2.30. The molecule has 0 radical (unpaired) electrons. The zero-order valence-corrected chi connectivity index (χ0v) is 13.0. The van der Waals surface area contributed by atoms with Crippen LogP contribution >= 0.6 is 0 Å². The minimum atomic E-state index is 0.478. The predicted octanol–water partition coefficient (Wildman–Crippen LogP) is 2.38. The molecule has 1 saturated carbocycles. The zero-order chi connectivity index (χ0) is 14.8. The van der Waals surface area contributed by atoms with Crippen molar-refractivity contribution in [3.63, 3.8) is 0 Å². The molecular weight excluding hydrogens is 262 g/mol. The van der Waals surface area contributed by atoms with Gasteiger partial charge in [0.25, 0.3) is 0 Å². The van der Waals surface area contributed by atoms with E-state index in [0.29, 0.717) is 12.0 Å². The van der Waals surface area contributed by atoms with Gasteiger partial charge in [0.15, 0.2) is 5.65 Å². The second-order valence-electron chi connectivity index (χ2n) is 6.00. The molecule has 1 aliphatic rings. The summed E-state index contributed by atoms with van der Waals surface area (Å²) in [4.78, 5) is 7.11. The number of hydrogen-bond donors (Lipinski definition) is 1. The summed E-state index contributed by atoms with van der Waals surface area (Å²) in [6.45, 7) is 5.94. The summed E-state index contributed by atoms with van der Waals surface area (Å²) in [5.41, 5.74) is 8.10. The highest BCUT2D eigenvalue weighted by Crippen LogP contribution is 2.30. The molecule has 0 aromatic carbocycles. The van der Waals surface area contributed by atoms with E-state index >= 15 is 0 Å². The summed E-state index contributed by atoms with van der Waals surface area (Å²) in [7, 11) is 0. The Morgan fingerprint density at radius 2 is 2.19 bits per heavy atom. The van der Waals surface area contributed by atoms with Crippen molar-refractivity contribution < 1.29 is 0 Å². The lowest BCUT2D eigenvalue weighted by Gasteiger charge is -2.38. The van der Waals surface area contributed by atoms with Gasteiger partial charge in [0, 0.05) is 18.8 Å². The Hall–Kier alpha value is -1.62. The fourth-order valence-corrected chi connectivity index (χ4v) is 3.55. The van der Waals surface area contributed by atoms with Crippen molar-refractivity contribution in [3.8, 4) is 0 Å². The summed E-state index contributed by atoms with van der Waals surface area (Å²) in [6.07, 6.45) is 6.97. The lowest BCUT2D eigenvalue weighted by Crippen LogP contribution is -2.45. The molecule has 0 saturated heterocycles. The van der Waals surface area contributed by atoms with Gasteiger partial charge in [-0.25, -0.2) is 4.52 Å². The largest absolute Gasteiger partial charge is 0.336 e. The standard InChI is InChI=1S/C16H25N5/c1-3-20(14-9-5-4-8-13(14)11-17)16-18-15-12(2)7-6-10-21(15)19-16/h6-7,10,13-14H,3-5,8-9,11,17H2,1-2H3. The van der Waals surface area contributed by atoms with E-state index in [-0.39, 0.29) is 0 Å². The summed E-state index contributed by atoms with van der Waals surface area (Å²) in [5, 5.41) is 4.68. The molecule has 2 aromatic rings. The average Bonchev–Trinajstić information content (AvgIpc) is 2.94. The smallest absolute Gasteiger partial charge is 0.245 e. The Morgan fingerprint density at radius 1 is 1.38 bits per heavy atom. The molecule has 0 spiro atoms. The van der Waals surface area contributed by atoms with E-state index in [1.165, 1.54) is 25.7 Å². The molecule has 5 heteroatoms. The molecule has 21 heavy (non-hydrogen) atoms. The molecule has 2 unspecified atom stereocenters. The minimum absolute atomic E-state index is 0.478. The number of pyridine rings is 1. The Bertz CT molecular complexity index is 606. The van der Waals surface area contributed by atoms with E-state index < -0.39 is 0 Å². The Kier molecular flexibility index (Phi) is 4.10. The molecule has 2 N–H and O–H groups in total. The van der Waals surface area contributed by atoms with Crippen molar-refractivity contribution in [3.05, 3.63) is 23.9 Å². The van der Waals surface area contributed by atoms with Crippen molar-refractivity contribution in [1.82, 2.24) is 14.6 Å². The highest BCUT2D eigenvalue weighted by atomic mass is 15.4. The minimum Gasteiger partial charge on any atom is -0.336 e. The van der Waals surface area contributed by atoms with E-state index in [4.69, 9.17) is 10.7 Å². The zero-order valence-electron chi connectivity index (χ0n) is 13.0. The van der Waals surface area contributed by atoms with Gasteiger partial charge in [-0.05, 0) is 50.8 Å². The van der Waals surface area contributed by atoms with Gasteiger partial charge >= 0.3 is 0 Å². The molecule has 1 fully saturated rings. The quantitative estimate of drug-likeness (QED) is 0.938. The number of nitrogens with zero attached hydrogens (tertiary/aromatic N) is 4. The van der Waals surface area contributed by atoms with Crippen LogP contribution in [0.4, 0.5) is 5.95 Å². The molecular formula is C16H25N5. The van der Waals surface area contributed by atoms with Crippen molar-refractivity contribution in [2.75, 3.05) is 18.0 Å². The van der Waals surface area contributed by atoms with Gasteiger partial charge in [0.2, 0.25) is 5.95 Å². The number of fused-ring (bicyclic) bond motifs is 1. The number of aromatic nitrogens is 3. The van der Waals surface area contributed by atoms with Crippen LogP contribution in [0.5, 0.6) is 0 Å². The second-order valence-corrected chi connectivity index (χ2v) is 6.00. The van der Waals surface area contributed by atoms with E-state index in [2.05, 4.69) is 29.9 Å². The van der Waals surface area contributed by atoms with E-state index in [0.717, 1.165) is 30.2 Å². The number of hydrogen-bond acceptors (Lipinski definition) is 4. The molecule has 0 aliphatic heterocycles. The van der Waals surface area contributed by atoms with Gasteiger partial charge in [-0.1, -0.05) is 18.9 Å². The monoisotopic (exact) mass is 287 g/mol. The molecule has 2 atom stereocenters. The van der Waals surface area contributed by atoms with Gasteiger partial charge in [0.1, 0.15) is 0 Å². The highest BCUT2D eigenvalue weighted by molar-refractivity contribution is 5.51. The Labute approximate surface area is 126 Å². The fourth-order valence-electron chi connectivity index (χ4n) is 3.55. The van der Waals surface area contributed by atoms with E-state index in [9.17, 15) is 0 Å². The topological polar surface area (TPSA) is 59.5 Å². The summed E-state index contributed by atoms with van der Waals surface area (Å²) < 4.78 is 1.88. The van der Waals surface area contributed by atoms with Crippen LogP contribution in [-0.2, 0) is 0 Å². The Balaban J connectivity index is 1.95. The molecule has 114 valence electrons. The summed E-state index contributed by atoms with van der Waals surface area (Å²) in [6, 6.07) is 4.57. The molecule has 3 rings (SSSR count). The average molecular weight is 287 g/mol. The van der Waals surface area contributed by atoms with Gasteiger partial charge in [-0.15, -0.1) is 5.10 Å². The van der Waals surface area contributed by atoms with Crippen molar-refractivity contribution in [2.24, 2.45) is 11.7 Å². The first-order valence-electron chi connectivity index (χ1n) is 8.03. The number of aryl methyl sites for hydroxylation is 1. The fraction of sp³-hybridized carbons (Fsp3) is 0.625. The van der Waals surface area contributed by atoms with Crippen LogP contribution in [0.2, 0.25) is 0 Å². The van der Waals surface area contributed by atoms with Crippen LogP contribution in [0.3, 0.4) is 0 Å². The predicted molar refractivity (Wildman–Crippen MR) is 85.5 cm³/mol. The third-order valence-corrected chi connectivity index (χ3v) is 4.72. The van der Waals surface area contributed by atoms with Crippen LogP contribution < -0.4 is 10.6 Å². The molecule has 2 aromatic heterocycles. The molecule has 1 aliphatic carbocycles. The number of anilines is 1. The first-order valence-corrected chi connectivity index (χ1v) is 8.03. The van der Waals surface area contributed by atoms with Gasteiger partial charge in [0.05, 0.1) is 0 Å². The maximum Gasteiger partial charge on any atom is 0.245 e. The first kappa shape index (κ1) is 14.3. The van der Waals surface area contributed by atoms with Crippen molar-refractivity contribution >= 4 is 11.6 Å². The van der Waals surface area contributed by atoms with Crippen LogP contribution in [0.1, 0.15) is 38.2 Å². The third kappa shape index (κ3) is 2.62. The van der Waals surface area contributed by atoms with Crippen molar-refractivity contribution in [1.29, 1.82) is 0 Å². The van der Waals surface area contributed by atoms with Crippen LogP contribution in [0, 0.1) is 12.8 Å². The normalized spacial score (nSPS) is 22.6. The maximum atomic E-state index is 5.99. The lowest BCUT2D eigenvalue weighted by molar-refractivity contribution is 0.298. The first-order chi connectivity index (χ1) is 10.2.